The molecule has 1 aromatic rings. The van der Waals surface area contributed by atoms with Crippen LogP contribution in [0.2, 0.25) is 0 Å². The number of carbonyl (C=O) groups is 2. The van der Waals surface area contributed by atoms with Gasteiger partial charge in [0.2, 0.25) is 0 Å². The summed E-state index contributed by atoms with van der Waals surface area (Å²) in [6.45, 7) is 0. The lowest BCUT2D eigenvalue weighted by molar-refractivity contribution is -0.134. The molecule has 5 heteroatoms. The van der Waals surface area contributed by atoms with Gasteiger partial charge in [0.15, 0.2) is 0 Å². The minimum atomic E-state index is -0.518. The number of rotatable bonds is 3. The normalized spacial score (nSPS) is 10.2. The Kier molecular flexibility index (Phi) is 4.28. The van der Waals surface area contributed by atoms with E-state index in [0.717, 1.165) is 0 Å². The molecule has 0 unspecified atom stereocenters. The van der Waals surface area contributed by atoms with Crippen LogP contribution < -0.4 is 5.73 Å². The Hall–Kier alpha value is -2.30. The summed E-state index contributed by atoms with van der Waals surface area (Å²) < 4.78 is 9.04. The van der Waals surface area contributed by atoms with Crippen molar-refractivity contribution in [3.05, 3.63) is 35.4 Å². The molecule has 90 valence electrons. The molecule has 0 aliphatic carbocycles. The first kappa shape index (κ1) is 12.8. The fourth-order valence-electron chi connectivity index (χ4n) is 1.20. The average Bonchev–Trinajstić information content (AvgIpc) is 2.36. The number of nitrogens with two attached hydrogens (primary N) is 1. The molecule has 0 amide bonds. The Morgan fingerprint density at radius 2 is 1.94 bits per heavy atom. The SMILES string of the molecule is COC(=O)C=Cc1ccc(N)c(C(=O)OC)c1. The fourth-order valence-corrected chi connectivity index (χ4v) is 1.20. The zero-order chi connectivity index (χ0) is 12.8. The molecule has 0 fully saturated rings. The first-order valence-corrected chi connectivity index (χ1v) is 4.82. The van der Waals surface area contributed by atoms with E-state index in [0.29, 0.717) is 11.3 Å². The highest BCUT2D eigenvalue weighted by molar-refractivity contribution is 5.96. The van der Waals surface area contributed by atoms with E-state index in [4.69, 9.17) is 5.73 Å². The molecule has 0 saturated carbocycles. The number of ether oxygens (including phenoxy) is 2. The highest BCUT2D eigenvalue weighted by Crippen LogP contribution is 2.16. The van der Waals surface area contributed by atoms with E-state index >= 15 is 0 Å². The molecule has 0 aliphatic heterocycles. The van der Waals surface area contributed by atoms with Gasteiger partial charge in [-0.05, 0) is 23.8 Å². The second-order valence-corrected chi connectivity index (χ2v) is 3.19. The van der Waals surface area contributed by atoms with Crippen LogP contribution >= 0.6 is 0 Å². The minimum absolute atomic E-state index is 0.263. The summed E-state index contributed by atoms with van der Waals surface area (Å²) in [4.78, 5) is 22.3. The molecule has 5 nitrogen and oxygen atoms in total. The van der Waals surface area contributed by atoms with Gasteiger partial charge in [-0.1, -0.05) is 6.07 Å². The van der Waals surface area contributed by atoms with Crippen molar-refractivity contribution in [2.75, 3.05) is 20.0 Å². The van der Waals surface area contributed by atoms with Crippen molar-refractivity contribution in [1.82, 2.24) is 0 Å². The summed E-state index contributed by atoms with van der Waals surface area (Å²) in [7, 11) is 2.56. The van der Waals surface area contributed by atoms with E-state index in [1.54, 1.807) is 18.2 Å². The Labute approximate surface area is 98.8 Å². The van der Waals surface area contributed by atoms with Crippen molar-refractivity contribution in [3.8, 4) is 0 Å². The molecular formula is C12H13NO4. The predicted octanol–water partition coefficient (Wildman–Crippen LogP) is 1.24. The third kappa shape index (κ3) is 3.34. The van der Waals surface area contributed by atoms with E-state index in [1.807, 2.05) is 0 Å². The van der Waals surface area contributed by atoms with Gasteiger partial charge in [0.25, 0.3) is 0 Å². The molecule has 0 saturated heterocycles. The molecule has 2 N–H and O–H groups in total. The predicted molar refractivity (Wildman–Crippen MR) is 63.2 cm³/mol. The van der Waals surface area contributed by atoms with Gasteiger partial charge in [-0.25, -0.2) is 9.59 Å². The van der Waals surface area contributed by atoms with Crippen LogP contribution in [0.1, 0.15) is 15.9 Å². The molecule has 1 aromatic carbocycles. The fraction of sp³-hybridized carbons (Fsp3) is 0.167. The van der Waals surface area contributed by atoms with Gasteiger partial charge in [-0.15, -0.1) is 0 Å². The molecule has 0 radical (unpaired) electrons. The summed E-state index contributed by atoms with van der Waals surface area (Å²) in [5.74, 6) is -0.989. The highest BCUT2D eigenvalue weighted by atomic mass is 16.5. The van der Waals surface area contributed by atoms with Crippen molar-refractivity contribution >= 4 is 23.7 Å². The molecule has 0 heterocycles. The van der Waals surface area contributed by atoms with E-state index in [-0.39, 0.29) is 5.56 Å². The number of methoxy groups -OCH3 is 2. The summed E-state index contributed by atoms with van der Waals surface area (Å²) in [6, 6.07) is 4.80. The van der Waals surface area contributed by atoms with Crippen LogP contribution in [0, 0.1) is 0 Å². The summed E-state index contributed by atoms with van der Waals surface area (Å²) in [5.41, 5.74) is 6.88. The monoisotopic (exact) mass is 235 g/mol. The second kappa shape index (κ2) is 5.69. The van der Waals surface area contributed by atoms with E-state index in [2.05, 4.69) is 9.47 Å². The van der Waals surface area contributed by atoms with Gasteiger partial charge in [0, 0.05) is 11.8 Å². The summed E-state index contributed by atoms with van der Waals surface area (Å²) in [5, 5.41) is 0. The first-order chi connectivity index (χ1) is 8.08. The maximum atomic E-state index is 11.4. The molecular weight excluding hydrogens is 222 g/mol. The Morgan fingerprint density at radius 1 is 1.24 bits per heavy atom. The third-order valence-corrected chi connectivity index (χ3v) is 2.10. The van der Waals surface area contributed by atoms with Gasteiger partial charge >= 0.3 is 11.9 Å². The standard InChI is InChI=1S/C12H13NO4/c1-16-11(14)6-4-8-3-5-10(13)9(7-8)12(15)17-2/h3-7H,13H2,1-2H3. The van der Waals surface area contributed by atoms with Crippen molar-refractivity contribution in [2.45, 2.75) is 0 Å². The molecule has 1 rings (SSSR count). The van der Waals surface area contributed by atoms with Gasteiger partial charge < -0.3 is 15.2 Å². The Bertz CT molecular complexity index is 466. The molecule has 17 heavy (non-hydrogen) atoms. The van der Waals surface area contributed by atoms with Crippen molar-refractivity contribution in [1.29, 1.82) is 0 Å². The zero-order valence-corrected chi connectivity index (χ0v) is 9.60. The number of carbonyl (C=O) groups excluding carboxylic acids is 2. The topological polar surface area (TPSA) is 78.6 Å². The van der Waals surface area contributed by atoms with Crippen molar-refractivity contribution in [3.63, 3.8) is 0 Å². The summed E-state index contributed by atoms with van der Waals surface area (Å²) >= 11 is 0. The largest absolute Gasteiger partial charge is 0.466 e. The van der Waals surface area contributed by atoms with Crippen LogP contribution in [0.15, 0.2) is 24.3 Å². The maximum Gasteiger partial charge on any atom is 0.339 e. The van der Waals surface area contributed by atoms with Crippen LogP contribution in [0.25, 0.3) is 6.08 Å². The molecule has 0 atom stereocenters. The molecule has 0 spiro atoms. The maximum absolute atomic E-state index is 11.4. The smallest absolute Gasteiger partial charge is 0.339 e. The third-order valence-electron chi connectivity index (χ3n) is 2.10. The van der Waals surface area contributed by atoms with Gasteiger partial charge in [0.1, 0.15) is 0 Å². The number of hydrogen-bond acceptors (Lipinski definition) is 5. The molecule has 0 aromatic heterocycles. The van der Waals surface area contributed by atoms with Crippen LogP contribution in [-0.4, -0.2) is 26.2 Å². The Morgan fingerprint density at radius 3 is 2.53 bits per heavy atom. The lowest BCUT2D eigenvalue weighted by atomic mass is 10.1. The van der Waals surface area contributed by atoms with Crippen LogP contribution in [0.3, 0.4) is 0 Å². The van der Waals surface area contributed by atoms with E-state index in [1.165, 1.54) is 26.4 Å². The minimum Gasteiger partial charge on any atom is -0.466 e. The average molecular weight is 235 g/mol. The highest BCUT2D eigenvalue weighted by Gasteiger charge is 2.09. The van der Waals surface area contributed by atoms with Crippen LogP contribution in [0.5, 0.6) is 0 Å². The second-order valence-electron chi connectivity index (χ2n) is 3.19. The van der Waals surface area contributed by atoms with Crippen LogP contribution in [0.4, 0.5) is 5.69 Å². The zero-order valence-electron chi connectivity index (χ0n) is 9.60. The van der Waals surface area contributed by atoms with Gasteiger partial charge in [-0.3, -0.25) is 0 Å². The molecule has 0 bridgehead atoms. The number of hydrogen-bond donors (Lipinski definition) is 1. The first-order valence-electron chi connectivity index (χ1n) is 4.82. The molecule has 0 aliphatic rings. The number of anilines is 1. The van der Waals surface area contributed by atoms with Gasteiger partial charge in [0.05, 0.1) is 19.8 Å². The quantitative estimate of drug-likeness (QED) is 0.484. The van der Waals surface area contributed by atoms with Crippen molar-refractivity contribution < 1.29 is 19.1 Å². The number of esters is 2. The lowest BCUT2D eigenvalue weighted by Gasteiger charge is -2.04. The Balaban J connectivity index is 3.00. The number of benzene rings is 1. The van der Waals surface area contributed by atoms with Crippen molar-refractivity contribution in [2.24, 2.45) is 0 Å². The lowest BCUT2D eigenvalue weighted by Crippen LogP contribution is -2.05. The summed E-state index contributed by atoms with van der Waals surface area (Å²) in [6.07, 6.45) is 2.78. The number of nitrogen functional groups attached to an aromatic ring is 1. The van der Waals surface area contributed by atoms with E-state index in [9.17, 15) is 9.59 Å². The van der Waals surface area contributed by atoms with E-state index < -0.39 is 11.9 Å². The van der Waals surface area contributed by atoms with Crippen LogP contribution in [-0.2, 0) is 14.3 Å². The van der Waals surface area contributed by atoms with Gasteiger partial charge in [-0.2, -0.15) is 0 Å².